The van der Waals surface area contributed by atoms with Gasteiger partial charge in [0.25, 0.3) is 0 Å². The zero-order chi connectivity index (χ0) is 10.0. The van der Waals surface area contributed by atoms with Crippen molar-refractivity contribution in [2.45, 2.75) is 33.1 Å². The molecule has 0 amide bonds. The summed E-state index contributed by atoms with van der Waals surface area (Å²) in [6, 6.07) is 3.45. The summed E-state index contributed by atoms with van der Waals surface area (Å²) in [5.74, 6) is 0.722. The Kier molecular flexibility index (Phi) is 2.81. The fourth-order valence-electron chi connectivity index (χ4n) is 1.36. The molecule has 0 aliphatic rings. The van der Waals surface area contributed by atoms with Crippen LogP contribution in [0.4, 0.5) is 0 Å². The smallest absolute Gasteiger partial charge is 0.122 e. The molecule has 1 aromatic carbocycles. The number of benzene rings is 1. The number of hydrogen-bond acceptors (Lipinski definition) is 2. The standard InChI is InChI=1S/C11H16O2/c1-4-9-10(12)5-8(7(2)3)6-11(9)13/h5-7,12-13H,4H2,1-3H3. The highest BCUT2D eigenvalue weighted by molar-refractivity contribution is 5.47. The highest BCUT2D eigenvalue weighted by Gasteiger charge is 2.09. The van der Waals surface area contributed by atoms with Gasteiger partial charge in [-0.3, -0.25) is 0 Å². The Labute approximate surface area is 78.8 Å². The van der Waals surface area contributed by atoms with Crippen LogP contribution < -0.4 is 0 Å². The van der Waals surface area contributed by atoms with E-state index in [9.17, 15) is 10.2 Å². The topological polar surface area (TPSA) is 40.5 Å². The summed E-state index contributed by atoms with van der Waals surface area (Å²) in [7, 11) is 0. The van der Waals surface area contributed by atoms with Gasteiger partial charge in [0.1, 0.15) is 11.5 Å². The third-order valence-corrected chi connectivity index (χ3v) is 2.25. The van der Waals surface area contributed by atoms with E-state index in [1.807, 2.05) is 20.8 Å². The molecule has 2 heteroatoms. The summed E-state index contributed by atoms with van der Waals surface area (Å²) in [5.41, 5.74) is 1.59. The molecule has 1 aromatic rings. The van der Waals surface area contributed by atoms with Crippen LogP contribution >= 0.6 is 0 Å². The highest BCUT2D eigenvalue weighted by Crippen LogP contribution is 2.31. The van der Waals surface area contributed by atoms with E-state index in [0.717, 1.165) is 5.56 Å². The van der Waals surface area contributed by atoms with Gasteiger partial charge in [0.05, 0.1) is 0 Å². The SMILES string of the molecule is CCc1c(O)cc(C(C)C)cc1O. The van der Waals surface area contributed by atoms with Crippen molar-refractivity contribution in [3.05, 3.63) is 23.3 Å². The second-order valence-corrected chi connectivity index (χ2v) is 3.55. The van der Waals surface area contributed by atoms with Gasteiger partial charge >= 0.3 is 0 Å². The maximum Gasteiger partial charge on any atom is 0.122 e. The lowest BCUT2D eigenvalue weighted by atomic mass is 9.99. The van der Waals surface area contributed by atoms with Gasteiger partial charge in [-0.15, -0.1) is 0 Å². The Morgan fingerprint density at radius 2 is 1.62 bits per heavy atom. The first-order valence-electron chi connectivity index (χ1n) is 4.61. The summed E-state index contributed by atoms with van der Waals surface area (Å²) in [5, 5.41) is 19.1. The van der Waals surface area contributed by atoms with Crippen LogP contribution in [0.5, 0.6) is 11.5 Å². The number of hydrogen-bond donors (Lipinski definition) is 2. The molecular formula is C11H16O2. The molecule has 13 heavy (non-hydrogen) atoms. The van der Waals surface area contributed by atoms with Crippen molar-refractivity contribution in [3.8, 4) is 11.5 Å². The Morgan fingerprint density at radius 3 is 1.92 bits per heavy atom. The molecule has 0 radical (unpaired) electrons. The predicted molar refractivity (Wildman–Crippen MR) is 53.2 cm³/mol. The summed E-state index contributed by atoms with van der Waals surface area (Å²) in [6.45, 7) is 5.96. The minimum Gasteiger partial charge on any atom is -0.508 e. The van der Waals surface area contributed by atoms with E-state index in [-0.39, 0.29) is 11.5 Å². The fourth-order valence-corrected chi connectivity index (χ4v) is 1.36. The van der Waals surface area contributed by atoms with Gasteiger partial charge in [-0.2, -0.15) is 0 Å². The van der Waals surface area contributed by atoms with Crippen molar-refractivity contribution >= 4 is 0 Å². The summed E-state index contributed by atoms with van der Waals surface area (Å²) >= 11 is 0. The van der Waals surface area contributed by atoms with Gasteiger partial charge < -0.3 is 10.2 Å². The normalized spacial score (nSPS) is 10.8. The Balaban J connectivity index is 3.20. The van der Waals surface area contributed by atoms with E-state index in [2.05, 4.69) is 0 Å². The van der Waals surface area contributed by atoms with Crippen molar-refractivity contribution in [1.29, 1.82) is 0 Å². The molecule has 0 bridgehead atoms. The molecule has 1 rings (SSSR count). The lowest BCUT2D eigenvalue weighted by molar-refractivity contribution is 0.437. The summed E-state index contributed by atoms with van der Waals surface area (Å²) in [6.07, 6.45) is 0.649. The monoisotopic (exact) mass is 180 g/mol. The van der Waals surface area contributed by atoms with Crippen molar-refractivity contribution in [2.75, 3.05) is 0 Å². The molecule has 0 atom stereocenters. The van der Waals surface area contributed by atoms with Crippen molar-refractivity contribution < 1.29 is 10.2 Å². The molecule has 0 aliphatic heterocycles. The summed E-state index contributed by atoms with van der Waals surface area (Å²) in [4.78, 5) is 0. The van der Waals surface area contributed by atoms with E-state index in [1.54, 1.807) is 12.1 Å². The van der Waals surface area contributed by atoms with Gasteiger partial charge in [-0.05, 0) is 30.0 Å². The van der Waals surface area contributed by atoms with E-state index >= 15 is 0 Å². The number of phenols is 2. The number of aromatic hydroxyl groups is 2. The van der Waals surface area contributed by atoms with Gasteiger partial charge in [-0.25, -0.2) is 0 Å². The van der Waals surface area contributed by atoms with E-state index < -0.39 is 0 Å². The van der Waals surface area contributed by atoms with Gasteiger partial charge in [0.2, 0.25) is 0 Å². The average Bonchev–Trinajstić information content (AvgIpc) is 2.03. The van der Waals surface area contributed by atoms with Crippen LogP contribution in [0, 0.1) is 0 Å². The lowest BCUT2D eigenvalue weighted by Crippen LogP contribution is -1.90. The van der Waals surface area contributed by atoms with E-state index in [4.69, 9.17) is 0 Å². The van der Waals surface area contributed by atoms with Crippen LogP contribution in [-0.2, 0) is 6.42 Å². The first kappa shape index (κ1) is 9.90. The van der Waals surface area contributed by atoms with Crippen LogP contribution in [-0.4, -0.2) is 10.2 Å². The second kappa shape index (κ2) is 3.69. The quantitative estimate of drug-likeness (QED) is 0.734. The molecule has 72 valence electrons. The van der Waals surface area contributed by atoms with Crippen molar-refractivity contribution in [1.82, 2.24) is 0 Å². The van der Waals surface area contributed by atoms with E-state index in [1.165, 1.54) is 0 Å². The maximum atomic E-state index is 9.56. The molecule has 2 nitrogen and oxygen atoms in total. The molecule has 0 aromatic heterocycles. The molecule has 0 saturated heterocycles. The van der Waals surface area contributed by atoms with Gasteiger partial charge in [0, 0.05) is 5.56 Å². The lowest BCUT2D eigenvalue weighted by Gasteiger charge is -2.10. The Hall–Kier alpha value is -1.18. The molecule has 0 heterocycles. The third kappa shape index (κ3) is 1.94. The Morgan fingerprint density at radius 1 is 1.15 bits per heavy atom. The average molecular weight is 180 g/mol. The van der Waals surface area contributed by atoms with Gasteiger partial charge in [0.15, 0.2) is 0 Å². The molecule has 0 aliphatic carbocycles. The van der Waals surface area contributed by atoms with Crippen LogP contribution in [0.25, 0.3) is 0 Å². The minimum absolute atomic E-state index is 0.200. The van der Waals surface area contributed by atoms with Crippen LogP contribution in [0.3, 0.4) is 0 Å². The van der Waals surface area contributed by atoms with Crippen LogP contribution in [0.1, 0.15) is 37.8 Å². The fraction of sp³-hybridized carbons (Fsp3) is 0.455. The minimum atomic E-state index is 0.200. The molecule has 0 unspecified atom stereocenters. The largest absolute Gasteiger partial charge is 0.508 e. The molecule has 0 saturated carbocycles. The number of phenolic OH excluding ortho intramolecular Hbond substituents is 2. The van der Waals surface area contributed by atoms with Crippen LogP contribution in [0.2, 0.25) is 0 Å². The maximum absolute atomic E-state index is 9.56. The second-order valence-electron chi connectivity index (χ2n) is 3.55. The molecule has 2 N–H and O–H groups in total. The molecular weight excluding hydrogens is 164 g/mol. The first-order chi connectivity index (χ1) is 6.06. The van der Waals surface area contributed by atoms with Crippen LogP contribution in [0.15, 0.2) is 12.1 Å². The highest BCUT2D eigenvalue weighted by atomic mass is 16.3. The molecule has 0 fully saturated rings. The predicted octanol–water partition coefficient (Wildman–Crippen LogP) is 2.78. The van der Waals surface area contributed by atoms with Crippen molar-refractivity contribution in [2.24, 2.45) is 0 Å². The summed E-state index contributed by atoms with van der Waals surface area (Å²) < 4.78 is 0. The molecule has 0 spiro atoms. The first-order valence-corrected chi connectivity index (χ1v) is 4.61. The Bertz CT molecular complexity index is 280. The number of rotatable bonds is 2. The zero-order valence-electron chi connectivity index (χ0n) is 8.33. The third-order valence-electron chi connectivity index (χ3n) is 2.25. The van der Waals surface area contributed by atoms with Crippen molar-refractivity contribution in [3.63, 3.8) is 0 Å². The van der Waals surface area contributed by atoms with E-state index in [0.29, 0.717) is 17.9 Å². The van der Waals surface area contributed by atoms with Gasteiger partial charge in [-0.1, -0.05) is 20.8 Å². The zero-order valence-corrected chi connectivity index (χ0v) is 8.33.